The van der Waals surface area contributed by atoms with Crippen LogP contribution in [0.2, 0.25) is 0 Å². The first-order valence-corrected chi connectivity index (χ1v) is 2.59. The molecule has 3 nitrogen and oxygen atoms in total. The second kappa shape index (κ2) is 1.76. The van der Waals surface area contributed by atoms with Gasteiger partial charge in [0.2, 0.25) is 0 Å². The molecule has 0 saturated carbocycles. The lowest BCUT2D eigenvalue weighted by molar-refractivity contribution is -0.102. The fraction of sp³-hybridized carbons (Fsp3) is 0.600. The summed E-state index contributed by atoms with van der Waals surface area (Å²) in [5.74, 6) is 5.33. The number of hydrogen-bond acceptors (Lipinski definition) is 3. The Morgan fingerprint density at radius 3 is 2.62 bits per heavy atom. The van der Waals surface area contributed by atoms with E-state index >= 15 is 0 Å². The van der Waals surface area contributed by atoms with Crippen molar-refractivity contribution >= 4 is 0 Å². The Balaban J connectivity index is 2.59. The summed E-state index contributed by atoms with van der Waals surface area (Å²) in [7, 11) is 0. The summed E-state index contributed by atoms with van der Waals surface area (Å²) < 4.78 is 0. The van der Waals surface area contributed by atoms with Crippen molar-refractivity contribution in [1.82, 2.24) is 5.17 Å². The van der Waals surface area contributed by atoms with Crippen LogP contribution in [-0.4, -0.2) is 11.2 Å². The second-order valence-corrected chi connectivity index (χ2v) is 2.00. The number of nitrogens with zero attached hydrogens (tertiary/aromatic N) is 1. The van der Waals surface area contributed by atoms with Gasteiger partial charge in [0.15, 0.2) is 0 Å². The molecule has 0 saturated heterocycles. The summed E-state index contributed by atoms with van der Waals surface area (Å²) in [5, 5.41) is 1.33. The van der Waals surface area contributed by atoms with Gasteiger partial charge in [-0.3, -0.25) is 0 Å². The molecule has 2 N–H and O–H groups in total. The van der Waals surface area contributed by atoms with Crippen molar-refractivity contribution in [2.75, 3.05) is 0 Å². The van der Waals surface area contributed by atoms with Gasteiger partial charge in [0.25, 0.3) is 0 Å². The SMILES string of the molecule is CC1=CON(N)C1C. The Morgan fingerprint density at radius 1 is 1.88 bits per heavy atom. The van der Waals surface area contributed by atoms with Gasteiger partial charge >= 0.3 is 0 Å². The highest BCUT2D eigenvalue weighted by Gasteiger charge is 2.17. The zero-order valence-corrected chi connectivity index (χ0v) is 5.09. The van der Waals surface area contributed by atoms with E-state index in [4.69, 9.17) is 10.7 Å². The van der Waals surface area contributed by atoms with E-state index in [1.807, 2.05) is 13.8 Å². The Kier molecular flexibility index (Phi) is 1.23. The summed E-state index contributed by atoms with van der Waals surface area (Å²) in [6.45, 7) is 3.97. The lowest BCUT2D eigenvalue weighted by Gasteiger charge is -2.12. The van der Waals surface area contributed by atoms with E-state index in [9.17, 15) is 0 Å². The number of hydrazine groups is 1. The number of hydrogen-bond donors (Lipinski definition) is 1. The van der Waals surface area contributed by atoms with Gasteiger partial charge in [-0.05, 0) is 19.4 Å². The van der Waals surface area contributed by atoms with Gasteiger partial charge in [0.05, 0.1) is 6.04 Å². The highest BCUT2D eigenvalue weighted by Crippen LogP contribution is 2.13. The smallest absolute Gasteiger partial charge is 0.114 e. The van der Waals surface area contributed by atoms with Crippen molar-refractivity contribution < 1.29 is 4.84 Å². The van der Waals surface area contributed by atoms with Crippen LogP contribution in [0.5, 0.6) is 0 Å². The van der Waals surface area contributed by atoms with Crippen LogP contribution in [0.3, 0.4) is 0 Å². The summed E-state index contributed by atoms with van der Waals surface area (Å²) in [6.07, 6.45) is 1.66. The van der Waals surface area contributed by atoms with Gasteiger partial charge in [-0.1, -0.05) is 5.17 Å². The molecule has 0 fully saturated rings. The van der Waals surface area contributed by atoms with Crippen LogP contribution in [0.1, 0.15) is 13.8 Å². The van der Waals surface area contributed by atoms with Gasteiger partial charge in [-0.2, -0.15) is 0 Å². The van der Waals surface area contributed by atoms with Gasteiger partial charge in [-0.15, -0.1) is 0 Å². The lowest BCUT2D eigenvalue weighted by atomic mass is 10.2. The molecule has 0 spiro atoms. The molecular weight excluding hydrogens is 104 g/mol. The maximum atomic E-state index is 5.33. The Labute approximate surface area is 48.6 Å². The Hall–Kier alpha value is -0.540. The third-order valence-electron chi connectivity index (χ3n) is 1.40. The number of hydroxylamine groups is 1. The van der Waals surface area contributed by atoms with Crippen molar-refractivity contribution in [2.24, 2.45) is 5.84 Å². The normalized spacial score (nSPS) is 29.9. The molecule has 1 aliphatic heterocycles. The monoisotopic (exact) mass is 114 g/mol. The minimum atomic E-state index is 0.231. The van der Waals surface area contributed by atoms with Crippen LogP contribution in [-0.2, 0) is 4.84 Å². The van der Waals surface area contributed by atoms with E-state index in [1.165, 1.54) is 5.17 Å². The van der Waals surface area contributed by atoms with Crippen molar-refractivity contribution in [2.45, 2.75) is 19.9 Å². The van der Waals surface area contributed by atoms with E-state index in [0.717, 1.165) is 5.57 Å². The number of rotatable bonds is 0. The molecule has 0 aliphatic carbocycles. The maximum absolute atomic E-state index is 5.33. The highest BCUT2D eigenvalue weighted by molar-refractivity contribution is 5.04. The predicted octanol–water partition coefficient (Wildman–Crippen LogP) is 0.400. The molecule has 1 rings (SSSR count). The molecule has 0 aromatic heterocycles. The van der Waals surface area contributed by atoms with Crippen LogP contribution >= 0.6 is 0 Å². The molecular formula is C5H10N2O. The standard InChI is InChI=1S/C5H10N2O/c1-4-3-8-7(6)5(4)2/h3,5H,6H2,1-2H3. The van der Waals surface area contributed by atoms with Crippen LogP contribution in [0.4, 0.5) is 0 Å². The minimum Gasteiger partial charge on any atom is -0.399 e. The summed E-state index contributed by atoms with van der Waals surface area (Å²) in [6, 6.07) is 0.231. The second-order valence-electron chi connectivity index (χ2n) is 2.00. The number of nitrogens with two attached hydrogens (primary N) is 1. The molecule has 1 aliphatic rings. The largest absolute Gasteiger partial charge is 0.399 e. The summed E-state index contributed by atoms with van der Waals surface area (Å²) >= 11 is 0. The zero-order chi connectivity index (χ0) is 6.15. The maximum Gasteiger partial charge on any atom is 0.114 e. The van der Waals surface area contributed by atoms with Crippen molar-refractivity contribution in [3.8, 4) is 0 Å². The molecule has 0 aromatic rings. The minimum absolute atomic E-state index is 0.231. The third-order valence-corrected chi connectivity index (χ3v) is 1.40. The van der Waals surface area contributed by atoms with Gasteiger partial charge in [0.1, 0.15) is 6.26 Å². The van der Waals surface area contributed by atoms with Crippen LogP contribution in [0.15, 0.2) is 11.8 Å². The molecule has 0 aromatic carbocycles. The fourth-order valence-electron chi connectivity index (χ4n) is 0.534. The molecule has 1 heterocycles. The van der Waals surface area contributed by atoms with Gasteiger partial charge in [0, 0.05) is 0 Å². The fourth-order valence-corrected chi connectivity index (χ4v) is 0.534. The molecule has 1 atom stereocenters. The Bertz CT molecular complexity index is 122. The first-order valence-electron chi connectivity index (χ1n) is 2.59. The summed E-state index contributed by atoms with van der Waals surface area (Å²) in [4.78, 5) is 4.83. The molecule has 1 unspecified atom stereocenters. The zero-order valence-electron chi connectivity index (χ0n) is 5.09. The van der Waals surface area contributed by atoms with Crippen molar-refractivity contribution in [1.29, 1.82) is 0 Å². The van der Waals surface area contributed by atoms with Crippen LogP contribution < -0.4 is 5.84 Å². The van der Waals surface area contributed by atoms with E-state index in [0.29, 0.717) is 0 Å². The molecule has 0 radical (unpaired) electrons. The molecule has 46 valence electrons. The van der Waals surface area contributed by atoms with Gasteiger partial charge < -0.3 is 4.84 Å². The highest BCUT2D eigenvalue weighted by atomic mass is 16.7. The van der Waals surface area contributed by atoms with Crippen LogP contribution in [0.25, 0.3) is 0 Å². The average molecular weight is 114 g/mol. The predicted molar refractivity (Wildman–Crippen MR) is 30.3 cm³/mol. The first-order chi connectivity index (χ1) is 3.72. The third kappa shape index (κ3) is 0.700. The molecule has 8 heavy (non-hydrogen) atoms. The van der Waals surface area contributed by atoms with E-state index in [-0.39, 0.29) is 6.04 Å². The lowest BCUT2D eigenvalue weighted by Crippen LogP contribution is -2.34. The summed E-state index contributed by atoms with van der Waals surface area (Å²) in [5.41, 5.74) is 1.16. The Morgan fingerprint density at radius 2 is 2.50 bits per heavy atom. The van der Waals surface area contributed by atoms with Crippen molar-refractivity contribution in [3.05, 3.63) is 11.8 Å². The van der Waals surface area contributed by atoms with Crippen molar-refractivity contribution in [3.63, 3.8) is 0 Å². The van der Waals surface area contributed by atoms with Crippen LogP contribution in [0, 0.1) is 0 Å². The van der Waals surface area contributed by atoms with E-state index in [2.05, 4.69) is 0 Å². The van der Waals surface area contributed by atoms with E-state index in [1.54, 1.807) is 6.26 Å². The van der Waals surface area contributed by atoms with E-state index < -0.39 is 0 Å². The average Bonchev–Trinajstić information content (AvgIpc) is 1.98. The van der Waals surface area contributed by atoms with Gasteiger partial charge in [-0.25, -0.2) is 5.84 Å². The quantitative estimate of drug-likeness (QED) is 0.463. The molecule has 0 bridgehead atoms. The topological polar surface area (TPSA) is 38.5 Å². The first kappa shape index (κ1) is 5.59. The molecule has 0 amide bonds. The molecule has 3 heteroatoms.